The highest BCUT2D eigenvalue weighted by Crippen LogP contribution is 2.20. The summed E-state index contributed by atoms with van der Waals surface area (Å²) in [7, 11) is 0. The van der Waals surface area contributed by atoms with E-state index in [9.17, 15) is 13.2 Å². The molecule has 2 aromatic heterocycles. The third-order valence-corrected chi connectivity index (χ3v) is 2.21. The van der Waals surface area contributed by atoms with Gasteiger partial charge in [0.25, 0.3) is 0 Å². The minimum Gasteiger partial charge on any atom is -0.368 e. The summed E-state index contributed by atoms with van der Waals surface area (Å²) in [6, 6.07) is 1.77. The van der Waals surface area contributed by atoms with Gasteiger partial charge in [0.15, 0.2) is 5.82 Å². The Kier molecular flexibility index (Phi) is 2.91. The van der Waals surface area contributed by atoms with Crippen LogP contribution < -0.4 is 5.32 Å². The van der Waals surface area contributed by atoms with Gasteiger partial charge in [-0.3, -0.25) is 0 Å². The van der Waals surface area contributed by atoms with Gasteiger partial charge < -0.3 is 5.32 Å². The van der Waals surface area contributed by atoms with E-state index in [-0.39, 0.29) is 6.54 Å². The number of hydrogen-bond acceptors (Lipinski definition) is 3. The number of hydrogen-bond donors (Lipinski definition) is 1. The van der Waals surface area contributed by atoms with E-state index in [1.807, 2.05) is 6.92 Å². The molecule has 2 aromatic rings. The number of anilines is 1. The minimum absolute atomic E-state index is 0.194. The van der Waals surface area contributed by atoms with Crippen molar-refractivity contribution in [3.8, 4) is 0 Å². The van der Waals surface area contributed by atoms with Crippen LogP contribution in [0.1, 0.15) is 12.1 Å². The van der Waals surface area contributed by atoms with E-state index >= 15 is 0 Å². The van der Waals surface area contributed by atoms with E-state index in [2.05, 4.69) is 15.4 Å². The van der Waals surface area contributed by atoms with Crippen molar-refractivity contribution >= 4 is 11.3 Å². The Morgan fingerprint density at radius 1 is 1.41 bits per heavy atom. The molecule has 4 nitrogen and oxygen atoms in total. The van der Waals surface area contributed by atoms with Crippen molar-refractivity contribution in [3.63, 3.8) is 0 Å². The largest absolute Gasteiger partial charge is 0.390 e. The number of aromatic nitrogens is 3. The van der Waals surface area contributed by atoms with Gasteiger partial charge in [-0.05, 0) is 13.0 Å². The zero-order valence-corrected chi connectivity index (χ0v) is 9.12. The molecule has 7 heteroatoms. The van der Waals surface area contributed by atoms with Gasteiger partial charge in [0.1, 0.15) is 5.52 Å². The number of alkyl halides is 3. The highest BCUT2D eigenvalue weighted by Gasteiger charge is 2.26. The van der Waals surface area contributed by atoms with E-state index in [1.165, 1.54) is 6.20 Å². The zero-order chi connectivity index (χ0) is 12.5. The number of rotatable bonds is 3. The molecule has 0 aliphatic rings. The SMILES string of the molecule is Cc1cc2c(NCCC(F)(F)F)nccn2n1. The first-order valence-electron chi connectivity index (χ1n) is 5.07. The first kappa shape index (κ1) is 11.7. The maximum Gasteiger partial charge on any atom is 0.390 e. The molecule has 2 rings (SSSR count). The highest BCUT2D eigenvalue weighted by atomic mass is 19.4. The monoisotopic (exact) mass is 244 g/mol. The van der Waals surface area contributed by atoms with Gasteiger partial charge in [-0.1, -0.05) is 0 Å². The molecule has 0 saturated carbocycles. The van der Waals surface area contributed by atoms with Gasteiger partial charge >= 0.3 is 6.18 Å². The summed E-state index contributed by atoms with van der Waals surface area (Å²) in [6.45, 7) is 1.62. The van der Waals surface area contributed by atoms with Crippen LogP contribution in [0.3, 0.4) is 0 Å². The van der Waals surface area contributed by atoms with E-state index in [0.717, 1.165) is 5.69 Å². The quantitative estimate of drug-likeness (QED) is 0.901. The van der Waals surface area contributed by atoms with Crippen LogP contribution in [0.4, 0.5) is 19.0 Å². The molecule has 92 valence electrons. The number of nitrogens with zero attached hydrogens (tertiary/aromatic N) is 3. The second kappa shape index (κ2) is 4.23. The zero-order valence-electron chi connectivity index (χ0n) is 9.12. The lowest BCUT2D eigenvalue weighted by Crippen LogP contribution is -2.15. The third kappa shape index (κ3) is 2.86. The van der Waals surface area contributed by atoms with Gasteiger partial charge in [-0.25, -0.2) is 9.50 Å². The number of fused-ring (bicyclic) bond motifs is 1. The minimum atomic E-state index is -4.16. The molecule has 0 aromatic carbocycles. The van der Waals surface area contributed by atoms with Crippen molar-refractivity contribution in [1.29, 1.82) is 0 Å². The lowest BCUT2D eigenvalue weighted by atomic mass is 10.4. The van der Waals surface area contributed by atoms with Crippen molar-refractivity contribution in [3.05, 3.63) is 24.2 Å². The van der Waals surface area contributed by atoms with Crippen LogP contribution in [-0.4, -0.2) is 27.3 Å². The first-order chi connectivity index (χ1) is 7.96. The van der Waals surface area contributed by atoms with Crippen LogP contribution in [-0.2, 0) is 0 Å². The summed E-state index contributed by atoms with van der Waals surface area (Å²) >= 11 is 0. The fourth-order valence-corrected chi connectivity index (χ4v) is 1.50. The summed E-state index contributed by atoms with van der Waals surface area (Å²) < 4.78 is 37.6. The summed E-state index contributed by atoms with van der Waals surface area (Å²) in [4.78, 5) is 4.00. The van der Waals surface area contributed by atoms with Gasteiger partial charge in [-0.2, -0.15) is 18.3 Å². The van der Waals surface area contributed by atoms with Crippen LogP contribution in [0.25, 0.3) is 5.52 Å². The summed E-state index contributed by atoms with van der Waals surface area (Å²) in [5.41, 5.74) is 1.46. The van der Waals surface area contributed by atoms with Crippen molar-refractivity contribution in [2.45, 2.75) is 19.5 Å². The fraction of sp³-hybridized carbons (Fsp3) is 0.400. The lowest BCUT2D eigenvalue weighted by Gasteiger charge is -2.08. The lowest BCUT2D eigenvalue weighted by molar-refractivity contribution is -0.131. The van der Waals surface area contributed by atoms with Crippen LogP contribution in [0.15, 0.2) is 18.5 Å². The number of halogens is 3. The van der Waals surface area contributed by atoms with Crippen molar-refractivity contribution in [1.82, 2.24) is 14.6 Å². The van der Waals surface area contributed by atoms with Gasteiger partial charge in [0.2, 0.25) is 0 Å². The van der Waals surface area contributed by atoms with Crippen LogP contribution in [0.5, 0.6) is 0 Å². The third-order valence-electron chi connectivity index (χ3n) is 2.21. The fourth-order valence-electron chi connectivity index (χ4n) is 1.50. The maximum atomic E-state index is 12.0. The molecule has 0 radical (unpaired) electrons. The smallest absolute Gasteiger partial charge is 0.368 e. The molecule has 1 N–H and O–H groups in total. The Morgan fingerprint density at radius 2 is 2.18 bits per heavy atom. The Bertz CT molecular complexity index is 518. The van der Waals surface area contributed by atoms with Crippen molar-refractivity contribution in [2.24, 2.45) is 0 Å². The second-order valence-corrected chi connectivity index (χ2v) is 3.68. The second-order valence-electron chi connectivity index (χ2n) is 3.68. The molecule has 0 spiro atoms. The summed E-state index contributed by atoms with van der Waals surface area (Å²) in [5, 5.41) is 6.81. The molecule has 0 aliphatic carbocycles. The molecule has 0 aliphatic heterocycles. The highest BCUT2D eigenvalue weighted by molar-refractivity contribution is 5.67. The average Bonchev–Trinajstić information content (AvgIpc) is 2.57. The van der Waals surface area contributed by atoms with Gasteiger partial charge in [0.05, 0.1) is 12.1 Å². The Labute approximate surface area is 95.5 Å². The normalized spacial score (nSPS) is 12.0. The molecule has 0 unspecified atom stereocenters. The molecule has 0 bridgehead atoms. The summed E-state index contributed by atoms with van der Waals surface area (Å²) in [5.74, 6) is 0.414. The van der Waals surface area contributed by atoms with E-state index < -0.39 is 12.6 Å². The van der Waals surface area contributed by atoms with E-state index in [1.54, 1.807) is 16.8 Å². The topological polar surface area (TPSA) is 42.2 Å². The van der Waals surface area contributed by atoms with Crippen LogP contribution in [0, 0.1) is 6.92 Å². The Morgan fingerprint density at radius 3 is 2.88 bits per heavy atom. The molecular formula is C10H11F3N4. The number of nitrogens with one attached hydrogen (secondary N) is 1. The van der Waals surface area contributed by atoms with Gasteiger partial charge in [-0.15, -0.1) is 0 Å². The number of aryl methyl sites for hydroxylation is 1. The molecule has 0 amide bonds. The summed E-state index contributed by atoms with van der Waals surface area (Å²) in [6.07, 6.45) is -1.90. The standard InChI is InChI=1S/C10H11F3N4/c1-7-6-8-9(14-3-2-10(11,12)13)15-4-5-17(8)16-7/h4-6H,2-3H2,1H3,(H,14,15). The molecule has 0 atom stereocenters. The van der Waals surface area contributed by atoms with Crippen molar-refractivity contribution < 1.29 is 13.2 Å². The maximum absolute atomic E-state index is 12.0. The average molecular weight is 244 g/mol. The van der Waals surface area contributed by atoms with Crippen LogP contribution >= 0.6 is 0 Å². The van der Waals surface area contributed by atoms with Gasteiger partial charge in [0, 0.05) is 18.9 Å². The molecule has 2 heterocycles. The predicted molar refractivity (Wildman–Crippen MR) is 56.9 cm³/mol. The Balaban J connectivity index is 2.13. The van der Waals surface area contributed by atoms with Crippen molar-refractivity contribution in [2.75, 3.05) is 11.9 Å². The molecule has 0 saturated heterocycles. The first-order valence-corrected chi connectivity index (χ1v) is 5.07. The molecule has 0 fully saturated rings. The van der Waals surface area contributed by atoms with E-state index in [0.29, 0.717) is 11.3 Å². The van der Waals surface area contributed by atoms with E-state index in [4.69, 9.17) is 0 Å². The Hall–Kier alpha value is -1.79. The molecular weight excluding hydrogens is 233 g/mol. The van der Waals surface area contributed by atoms with Crippen LogP contribution in [0.2, 0.25) is 0 Å². The molecule has 17 heavy (non-hydrogen) atoms. The predicted octanol–water partition coefficient (Wildman–Crippen LogP) is 2.40.